The molecule has 0 aliphatic carbocycles. The van der Waals surface area contributed by atoms with Crippen LogP contribution in [0.5, 0.6) is 34.5 Å². The Balaban J connectivity index is 0.000000431. The van der Waals surface area contributed by atoms with E-state index in [4.69, 9.17) is 43.5 Å². The number of hydrogen-bond acceptors (Lipinski definition) is 20. The summed E-state index contributed by atoms with van der Waals surface area (Å²) in [5.41, 5.74) is 9.76. The number of pyridine rings is 4. The minimum atomic E-state index is -0.529. The smallest absolute Gasteiger partial charge is 0.495 e. The zero-order chi connectivity index (χ0) is 77.1. The normalized spacial score (nSPS) is 11.9. The van der Waals surface area contributed by atoms with Crippen molar-refractivity contribution in [1.29, 1.82) is 0 Å². The lowest BCUT2D eigenvalue weighted by atomic mass is 9.78. The fourth-order valence-corrected chi connectivity index (χ4v) is 10.1. The molecule has 4 aromatic heterocycles. The highest BCUT2D eigenvalue weighted by atomic mass is 79.9. The predicted molar refractivity (Wildman–Crippen MR) is 402 cm³/mol. The number of anilines is 4. The number of halogens is 3. The van der Waals surface area contributed by atoms with E-state index in [0.29, 0.717) is 75.9 Å². The molecule has 0 saturated carbocycles. The number of carbonyl (C=O) groups is 6. The van der Waals surface area contributed by atoms with Crippen molar-refractivity contribution in [1.82, 2.24) is 23.2 Å². The Hall–Kier alpha value is -9.33. The van der Waals surface area contributed by atoms with E-state index in [2.05, 4.69) is 73.3 Å². The molecule has 0 unspecified atom stereocenters. The maximum Gasteiger partial charge on any atom is 0.495 e. The van der Waals surface area contributed by atoms with Crippen molar-refractivity contribution >= 4 is 114 Å². The number of carbonyl (C=O) groups excluding carboxylic acids is 6. The van der Waals surface area contributed by atoms with Crippen LogP contribution in [0.1, 0.15) is 102 Å². The van der Waals surface area contributed by atoms with E-state index < -0.39 is 18.3 Å². The van der Waals surface area contributed by atoms with Gasteiger partial charge in [0.05, 0.1) is 76.2 Å². The predicted octanol–water partition coefficient (Wildman–Crippen LogP) is 9.77. The highest BCUT2D eigenvalue weighted by Crippen LogP contribution is 2.39. The number of amides is 3. The summed E-state index contributed by atoms with van der Waals surface area (Å²) in [5.74, 6) is 2.10. The van der Waals surface area contributed by atoms with Gasteiger partial charge in [-0.05, 0) is 163 Å². The quantitative estimate of drug-likeness (QED) is 0.0397. The van der Waals surface area contributed by atoms with Crippen molar-refractivity contribution in [2.24, 2.45) is 28.2 Å². The third-order valence-corrected chi connectivity index (χ3v) is 15.1. The Morgan fingerprint density at radius 3 is 1.10 bits per heavy atom. The number of methoxy groups -OCH3 is 6. The monoisotopic (exact) mass is 1550 g/mol. The minimum Gasteiger partial charge on any atom is -0.496 e. The second-order valence-corrected chi connectivity index (χ2v) is 25.8. The van der Waals surface area contributed by atoms with Gasteiger partial charge in [-0.15, -0.1) is 0 Å². The lowest BCUT2D eigenvalue weighted by molar-refractivity contribution is -0.115. The van der Waals surface area contributed by atoms with Gasteiger partial charge in [0, 0.05) is 107 Å². The molecule has 1 aliphatic rings. The first-order valence-corrected chi connectivity index (χ1v) is 32.7. The molecular formula is C70H91BBr2ClN9O18. The molecule has 0 radical (unpaired) electrons. The van der Waals surface area contributed by atoms with E-state index in [1.165, 1.54) is 80.8 Å². The molecule has 0 atom stereocenters. The van der Waals surface area contributed by atoms with Crippen LogP contribution in [-0.2, 0) is 63.2 Å². The number of aryl methyl sites for hydroxylation is 4. The summed E-state index contributed by atoms with van der Waals surface area (Å²) in [6.07, 6.45) is 9.26. The number of nitrogen functional groups attached to an aromatic ring is 1. The number of ether oxygens (including phenoxy) is 6. The van der Waals surface area contributed by atoms with Gasteiger partial charge in [0.25, 0.3) is 22.2 Å². The molecule has 5 heterocycles. The first kappa shape index (κ1) is 87.8. The highest BCUT2D eigenvalue weighted by Gasteiger charge is 2.52. The summed E-state index contributed by atoms with van der Waals surface area (Å²) in [7, 11) is 19.1. The molecule has 8 rings (SSSR count). The summed E-state index contributed by atoms with van der Waals surface area (Å²) in [6, 6.07) is 17.0. The third kappa shape index (κ3) is 26.0. The molecule has 1 fully saturated rings. The van der Waals surface area contributed by atoms with Gasteiger partial charge in [-0.2, -0.15) is 0 Å². The topological polar surface area (TPSA) is 330 Å². The Bertz CT molecular complexity index is 4200. The van der Waals surface area contributed by atoms with Gasteiger partial charge in [-0.3, -0.25) is 47.9 Å². The number of benzene rings is 3. The van der Waals surface area contributed by atoms with Gasteiger partial charge in [0.2, 0.25) is 23.0 Å². The largest absolute Gasteiger partial charge is 0.496 e. The molecule has 7 aromatic rings. The summed E-state index contributed by atoms with van der Waals surface area (Å²) in [4.78, 5) is 114. The summed E-state index contributed by atoms with van der Waals surface area (Å²) in [6.45, 7) is 18.2. The number of aromatic nitrogens is 4. The van der Waals surface area contributed by atoms with Crippen molar-refractivity contribution in [3.63, 3.8) is 0 Å². The number of hydrogen-bond donors (Lipinski definition) is 4. The summed E-state index contributed by atoms with van der Waals surface area (Å²) >= 11 is 11.1. The Labute approximate surface area is 609 Å². The summed E-state index contributed by atoms with van der Waals surface area (Å²) in [5, 5.41) is 7.18. The lowest BCUT2D eigenvalue weighted by Gasteiger charge is -2.32. The van der Waals surface area contributed by atoms with Crippen molar-refractivity contribution in [2.75, 3.05) is 78.4 Å². The van der Waals surface area contributed by atoms with Gasteiger partial charge in [-0.25, -0.2) is 0 Å². The van der Waals surface area contributed by atoms with Crippen LogP contribution in [0.25, 0.3) is 22.3 Å². The average Bonchev–Trinajstić information content (AvgIpc) is 1.69. The molecule has 3 aromatic carbocycles. The molecule has 5 N–H and O–H groups in total. The van der Waals surface area contributed by atoms with Gasteiger partial charge in [-0.1, -0.05) is 20.3 Å². The van der Waals surface area contributed by atoms with Crippen molar-refractivity contribution in [3.8, 4) is 56.8 Å². The summed E-state index contributed by atoms with van der Waals surface area (Å²) < 4.78 is 51.3. The average molecular weight is 1550 g/mol. The molecule has 31 heteroatoms. The minimum absolute atomic E-state index is 0.164. The SMILES string of the molecule is CC(=O)Cl.CC(=O)Nc1cc(Br)cn(C)c1=O.CCC.COc1cc(-c2cc(NC(C)=O)c(=O)n(C)c2)cc(OC)c1C=O.COc1cc(-c2cc(NC(C)=O)c(=O)n(C)c2)cc(OC)c1CN(C)C.COc1cc(B2OC(C)(C)C(C)(C)O2)cc(OC)c1C=O.Cn1cc(Br)cc(N)c1=O. The van der Waals surface area contributed by atoms with E-state index in [9.17, 15) is 47.9 Å². The molecule has 0 spiro atoms. The van der Waals surface area contributed by atoms with Crippen molar-refractivity contribution < 1.29 is 66.5 Å². The van der Waals surface area contributed by atoms with Crippen LogP contribution in [0.15, 0.2) is 114 Å². The van der Waals surface area contributed by atoms with Gasteiger partial charge < -0.3 is 82.6 Å². The van der Waals surface area contributed by atoms with Gasteiger partial charge >= 0.3 is 7.12 Å². The third-order valence-electron chi connectivity index (χ3n) is 14.2. The van der Waals surface area contributed by atoms with Crippen LogP contribution >= 0.6 is 43.5 Å². The van der Waals surface area contributed by atoms with Crippen LogP contribution in [-0.4, -0.2) is 134 Å². The van der Waals surface area contributed by atoms with Crippen LogP contribution in [0.4, 0.5) is 22.7 Å². The van der Waals surface area contributed by atoms with E-state index in [1.807, 2.05) is 58.8 Å². The molecule has 548 valence electrons. The second kappa shape index (κ2) is 40.8. The van der Waals surface area contributed by atoms with Crippen LogP contribution in [0.3, 0.4) is 0 Å². The van der Waals surface area contributed by atoms with E-state index >= 15 is 0 Å². The molecular weight excluding hydrogens is 1460 g/mol. The molecule has 0 bridgehead atoms. The standard InChI is InChI=1S/C19H25N3O4.C17H18N2O5.C15H21BO5.C8H9BrN2O2.C6H7BrN2O.C3H8.C2H3ClO/c1-12(23)20-16-7-14(10-22(4)19(16)24)13-8-17(25-5)15(11-21(2)3)18(9-13)26-6;1-10(21)18-14-5-12(8-19(2)17(14)22)11-6-15(23-3)13(9-20)16(7-11)24-4;1-14(2)15(3,4)21-16(20-14)10-7-12(18-5)11(9-17)13(8-10)19-6;1-5(12)10-7-3-6(9)4-11(2)8(7)13;1-9-3-4(7)2-5(8)6(9)10;1-3-2;1-2(3)4/h7-10H,11H2,1-6H3,(H,20,23);5-9H,1-4H3,(H,18,21);7-9H,1-6H3;3-4H,1-2H3,(H,10,12);2-3H,8H2,1H3;3H2,1-2H3;1H3. The maximum atomic E-state index is 12.2. The number of rotatable bonds is 16. The molecule has 1 saturated heterocycles. The second-order valence-electron chi connectivity index (χ2n) is 23.4. The molecule has 1 aliphatic heterocycles. The zero-order valence-corrected chi connectivity index (χ0v) is 65.0. The van der Waals surface area contributed by atoms with E-state index in [0.717, 1.165) is 31.1 Å². The van der Waals surface area contributed by atoms with Crippen molar-refractivity contribution in [2.45, 2.75) is 93.4 Å². The van der Waals surface area contributed by atoms with E-state index in [-0.39, 0.29) is 68.0 Å². The lowest BCUT2D eigenvalue weighted by Crippen LogP contribution is -2.41. The van der Waals surface area contributed by atoms with Crippen LogP contribution < -0.4 is 77.8 Å². The number of aldehydes is 2. The van der Waals surface area contributed by atoms with Crippen LogP contribution in [0.2, 0.25) is 0 Å². The first-order valence-electron chi connectivity index (χ1n) is 30.8. The number of nitrogens with zero attached hydrogens (tertiary/aromatic N) is 5. The molecule has 27 nitrogen and oxygen atoms in total. The fraction of sp³-hybridized carbons (Fsp3) is 0.371. The van der Waals surface area contributed by atoms with Gasteiger partial charge in [0.15, 0.2) is 12.6 Å². The number of nitrogens with one attached hydrogen (secondary N) is 3. The molecule has 101 heavy (non-hydrogen) atoms. The van der Waals surface area contributed by atoms with Crippen molar-refractivity contribution in [3.05, 3.63) is 153 Å². The zero-order valence-electron chi connectivity index (χ0n) is 61.0. The van der Waals surface area contributed by atoms with Crippen LogP contribution in [0, 0.1) is 0 Å². The van der Waals surface area contributed by atoms with Gasteiger partial charge in [0.1, 0.15) is 51.6 Å². The number of nitrogens with two attached hydrogens (primary N) is 1. The Kier molecular flexibility index (Phi) is 35.5. The first-order chi connectivity index (χ1) is 47.2. The fourth-order valence-electron chi connectivity index (χ4n) is 8.98. The molecule has 3 amide bonds. The highest BCUT2D eigenvalue weighted by molar-refractivity contribution is 9.10. The maximum absolute atomic E-state index is 12.2. The Morgan fingerprint density at radius 2 is 0.802 bits per heavy atom. The van der Waals surface area contributed by atoms with E-state index in [1.54, 1.807) is 116 Å². The Morgan fingerprint density at radius 1 is 0.515 bits per heavy atom.